The first kappa shape index (κ1) is 15.0. The predicted molar refractivity (Wildman–Crippen MR) is 84.1 cm³/mol. The van der Waals surface area contributed by atoms with Crippen LogP contribution >= 0.6 is 24.0 Å². The number of aliphatic imine (C=N–C) groups is 1. The number of hydrogen-bond acceptors (Lipinski definition) is 2. The maximum Gasteiger partial charge on any atom is 0.191 e. The normalized spacial score (nSPS) is 15.5. The van der Waals surface area contributed by atoms with Crippen molar-refractivity contribution in [3.05, 3.63) is 30.1 Å². The van der Waals surface area contributed by atoms with Gasteiger partial charge in [-0.25, -0.2) is 4.99 Å². The third kappa shape index (κ3) is 4.67. The van der Waals surface area contributed by atoms with Gasteiger partial charge in [-0.3, -0.25) is 5.10 Å². The molecule has 1 aromatic rings. The largest absolute Gasteiger partial charge is 0.357 e. The monoisotopic (exact) mass is 361 g/mol. The Morgan fingerprint density at radius 2 is 2.28 bits per heavy atom. The Labute approximate surface area is 125 Å². The van der Waals surface area contributed by atoms with Crippen molar-refractivity contribution in [3.63, 3.8) is 0 Å². The van der Waals surface area contributed by atoms with Gasteiger partial charge in [-0.2, -0.15) is 5.10 Å². The Morgan fingerprint density at radius 1 is 1.50 bits per heavy atom. The SMILES string of the molecule is CCNC(=NCc1ccn[nH]1)NC1CC=CC1.I. The van der Waals surface area contributed by atoms with Crippen molar-refractivity contribution in [2.24, 2.45) is 4.99 Å². The zero-order valence-electron chi connectivity index (χ0n) is 10.5. The van der Waals surface area contributed by atoms with Crippen LogP contribution in [0.5, 0.6) is 0 Å². The van der Waals surface area contributed by atoms with Crippen LogP contribution in [0.3, 0.4) is 0 Å². The second-order valence-electron chi connectivity index (χ2n) is 4.06. The van der Waals surface area contributed by atoms with Crippen LogP contribution in [-0.2, 0) is 6.54 Å². The first-order chi connectivity index (χ1) is 8.38. The molecule has 0 aromatic carbocycles. The van der Waals surface area contributed by atoms with E-state index in [1.165, 1.54) is 0 Å². The van der Waals surface area contributed by atoms with E-state index < -0.39 is 0 Å². The van der Waals surface area contributed by atoms with Gasteiger partial charge in [0.05, 0.1) is 12.2 Å². The number of nitrogens with one attached hydrogen (secondary N) is 3. The third-order valence-corrected chi connectivity index (χ3v) is 2.66. The highest BCUT2D eigenvalue weighted by molar-refractivity contribution is 14.0. The van der Waals surface area contributed by atoms with E-state index >= 15 is 0 Å². The van der Waals surface area contributed by atoms with E-state index in [2.05, 4.69) is 44.9 Å². The van der Waals surface area contributed by atoms with Crippen molar-refractivity contribution in [1.29, 1.82) is 0 Å². The molecule has 0 bridgehead atoms. The van der Waals surface area contributed by atoms with Crippen LogP contribution in [0.1, 0.15) is 25.5 Å². The van der Waals surface area contributed by atoms with Gasteiger partial charge >= 0.3 is 0 Å². The molecule has 0 aliphatic heterocycles. The number of H-pyrrole nitrogens is 1. The lowest BCUT2D eigenvalue weighted by Gasteiger charge is -2.16. The van der Waals surface area contributed by atoms with E-state index in [9.17, 15) is 0 Å². The topological polar surface area (TPSA) is 65.1 Å². The van der Waals surface area contributed by atoms with Gasteiger partial charge in [-0.15, -0.1) is 24.0 Å². The van der Waals surface area contributed by atoms with Crippen molar-refractivity contribution in [2.75, 3.05) is 6.54 Å². The highest BCUT2D eigenvalue weighted by Gasteiger charge is 2.11. The minimum absolute atomic E-state index is 0. The van der Waals surface area contributed by atoms with Crippen molar-refractivity contribution >= 4 is 29.9 Å². The van der Waals surface area contributed by atoms with Gasteiger partial charge in [0.1, 0.15) is 0 Å². The van der Waals surface area contributed by atoms with Gasteiger partial charge < -0.3 is 10.6 Å². The average Bonchev–Trinajstić information content (AvgIpc) is 2.99. The van der Waals surface area contributed by atoms with Gasteiger partial charge in [-0.05, 0) is 25.8 Å². The molecule has 0 spiro atoms. The Balaban J connectivity index is 0.00000162. The first-order valence-electron chi connectivity index (χ1n) is 6.06. The van der Waals surface area contributed by atoms with Gasteiger partial charge in [0, 0.05) is 18.8 Å². The van der Waals surface area contributed by atoms with Gasteiger partial charge in [-0.1, -0.05) is 12.2 Å². The highest BCUT2D eigenvalue weighted by atomic mass is 127. The summed E-state index contributed by atoms with van der Waals surface area (Å²) in [4.78, 5) is 4.51. The zero-order valence-corrected chi connectivity index (χ0v) is 12.8. The van der Waals surface area contributed by atoms with Gasteiger partial charge in [0.2, 0.25) is 0 Å². The fourth-order valence-electron chi connectivity index (χ4n) is 1.79. The molecule has 100 valence electrons. The summed E-state index contributed by atoms with van der Waals surface area (Å²) in [7, 11) is 0. The quantitative estimate of drug-likeness (QED) is 0.332. The van der Waals surface area contributed by atoms with E-state index in [1.54, 1.807) is 6.20 Å². The van der Waals surface area contributed by atoms with Crippen molar-refractivity contribution in [1.82, 2.24) is 20.8 Å². The molecule has 0 radical (unpaired) electrons. The lowest BCUT2D eigenvalue weighted by molar-refractivity contribution is 0.633. The van der Waals surface area contributed by atoms with Crippen LogP contribution in [0.25, 0.3) is 0 Å². The van der Waals surface area contributed by atoms with E-state index in [-0.39, 0.29) is 24.0 Å². The molecule has 18 heavy (non-hydrogen) atoms. The Hall–Kier alpha value is -1.05. The van der Waals surface area contributed by atoms with Crippen LogP contribution in [-0.4, -0.2) is 28.7 Å². The zero-order chi connectivity index (χ0) is 11.9. The molecular weight excluding hydrogens is 341 g/mol. The molecule has 5 nitrogen and oxygen atoms in total. The Bertz CT molecular complexity index is 377. The molecule has 0 saturated carbocycles. The number of halogens is 1. The fourth-order valence-corrected chi connectivity index (χ4v) is 1.79. The lowest BCUT2D eigenvalue weighted by atomic mass is 10.2. The summed E-state index contributed by atoms with van der Waals surface area (Å²) in [6.07, 6.45) is 8.31. The molecule has 3 N–H and O–H groups in total. The smallest absolute Gasteiger partial charge is 0.191 e. The number of rotatable bonds is 4. The summed E-state index contributed by atoms with van der Waals surface area (Å²) >= 11 is 0. The summed E-state index contributed by atoms with van der Waals surface area (Å²) in [6, 6.07) is 2.42. The number of nitrogens with zero attached hydrogens (tertiary/aromatic N) is 2. The standard InChI is InChI=1S/C12H19N5.HI/c1-2-13-12(16-10-5-3-4-6-10)14-9-11-7-8-15-17-11;/h3-4,7-8,10H,2,5-6,9H2,1H3,(H,15,17)(H2,13,14,16);1H. The Morgan fingerprint density at radius 3 is 2.89 bits per heavy atom. The van der Waals surface area contributed by atoms with Crippen LogP contribution in [0.15, 0.2) is 29.4 Å². The number of guanidine groups is 1. The molecule has 0 amide bonds. The van der Waals surface area contributed by atoms with Crippen LogP contribution in [0.2, 0.25) is 0 Å². The van der Waals surface area contributed by atoms with Crippen LogP contribution in [0, 0.1) is 0 Å². The molecule has 6 heteroatoms. The minimum Gasteiger partial charge on any atom is -0.357 e. The van der Waals surface area contributed by atoms with Gasteiger partial charge in [0.25, 0.3) is 0 Å². The van der Waals surface area contributed by atoms with E-state index in [4.69, 9.17) is 0 Å². The summed E-state index contributed by atoms with van der Waals surface area (Å²) in [5, 5.41) is 13.5. The fraction of sp³-hybridized carbons (Fsp3) is 0.500. The maximum absolute atomic E-state index is 4.51. The van der Waals surface area contributed by atoms with Crippen LogP contribution < -0.4 is 10.6 Å². The van der Waals surface area contributed by atoms with Gasteiger partial charge in [0.15, 0.2) is 5.96 Å². The predicted octanol–water partition coefficient (Wildman–Crippen LogP) is 1.80. The highest BCUT2D eigenvalue weighted by Crippen LogP contribution is 2.08. The second kappa shape index (κ2) is 8.12. The van der Waals surface area contributed by atoms with Crippen molar-refractivity contribution in [3.8, 4) is 0 Å². The van der Waals surface area contributed by atoms with E-state index in [0.717, 1.165) is 31.0 Å². The number of aromatic amines is 1. The second-order valence-corrected chi connectivity index (χ2v) is 4.06. The van der Waals surface area contributed by atoms with Crippen molar-refractivity contribution < 1.29 is 0 Å². The van der Waals surface area contributed by atoms with E-state index in [1.807, 2.05) is 6.07 Å². The molecular formula is C12H20IN5. The molecule has 0 fully saturated rings. The molecule has 1 aliphatic rings. The van der Waals surface area contributed by atoms with Crippen molar-refractivity contribution in [2.45, 2.75) is 32.4 Å². The molecule has 0 atom stereocenters. The lowest BCUT2D eigenvalue weighted by Crippen LogP contribution is -2.42. The minimum atomic E-state index is 0. The maximum atomic E-state index is 4.51. The summed E-state index contributed by atoms with van der Waals surface area (Å²) in [5.74, 6) is 0.871. The average molecular weight is 361 g/mol. The van der Waals surface area contributed by atoms with Crippen LogP contribution in [0.4, 0.5) is 0 Å². The summed E-state index contributed by atoms with van der Waals surface area (Å²) in [6.45, 7) is 3.56. The molecule has 0 saturated heterocycles. The molecule has 1 aliphatic carbocycles. The number of hydrogen-bond donors (Lipinski definition) is 3. The summed E-state index contributed by atoms with van der Waals surface area (Å²) < 4.78 is 0. The molecule has 2 rings (SSSR count). The molecule has 1 aromatic heterocycles. The number of aromatic nitrogens is 2. The first-order valence-corrected chi connectivity index (χ1v) is 6.06. The third-order valence-electron chi connectivity index (χ3n) is 2.66. The Kier molecular flexibility index (Phi) is 6.77. The molecule has 1 heterocycles. The van der Waals surface area contributed by atoms with E-state index in [0.29, 0.717) is 12.6 Å². The summed E-state index contributed by atoms with van der Waals surface area (Å²) in [5.41, 5.74) is 1.02. The molecule has 0 unspecified atom stereocenters.